The molecule has 3 N–H and O–H groups in total. The second kappa shape index (κ2) is 10.3. The Morgan fingerprint density at radius 3 is 2.10 bits per heavy atom. The van der Waals surface area contributed by atoms with Crippen molar-refractivity contribution in [2.45, 2.75) is 68.2 Å². The fourth-order valence-corrected chi connectivity index (χ4v) is 5.31. The zero-order valence-electron chi connectivity index (χ0n) is 24.3. The van der Waals surface area contributed by atoms with Gasteiger partial charge in [-0.3, -0.25) is 14.4 Å². The van der Waals surface area contributed by atoms with Crippen LogP contribution in [0.1, 0.15) is 74.2 Å². The maximum absolute atomic E-state index is 12.7. The number of ether oxygens (including phenoxy) is 1. The Kier molecular flexibility index (Phi) is 7.43. The van der Waals surface area contributed by atoms with E-state index in [1.165, 1.54) is 7.11 Å². The van der Waals surface area contributed by atoms with Gasteiger partial charge in [0.25, 0.3) is 5.91 Å². The molecule has 0 spiro atoms. The van der Waals surface area contributed by atoms with Crippen molar-refractivity contribution in [3.05, 3.63) is 61.2 Å². The van der Waals surface area contributed by atoms with Gasteiger partial charge in [-0.25, -0.2) is 4.99 Å². The zero-order chi connectivity index (χ0) is 28.8. The second-order valence-corrected chi connectivity index (χ2v) is 11.1. The van der Waals surface area contributed by atoms with Crippen LogP contribution in [0.2, 0.25) is 0 Å². The molecule has 1 unspecified atom stereocenters. The Bertz CT molecular complexity index is 1610. The molecule has 8 nitrogen and oxygen atoms in total. The summed E-state index contributed by atoms with van der Waals surface area (Å²) in [6, 6.07) is 0. The highest BCUT2D eigenvalue weighted by atomic mass is 16.5. The van der Waals surface area contributed by atoms with E-state index in [9.17, 15) is 14.4 Å². The lowest BCUT2D eigenvalue weighted by Crippen LogP contribution is -2.29. The van der Waals surface area contributed by atoms with Crippen molar-refractivity contribution >= 4 is 41.7 Å². The number of methoxy groups -OCH3 is 1. The summed E-state index contributed by atoms with van der Waals surface area (Å²) in [5, 5.41) is 4.87. The number of aromatic amines is 2. The topological polar surface area (TPSA) is 116 Å². The number of rotatable bonds is 6. The van der Waals surface area contributed by atoms with E-state index in [1.54, 1.807) is 0 Å². The van der Waals surface area contributed by atoms with Crippen LogP contribution in [0.15, 0.2) is 21.8 Å². The lowest BCUT2D eigenvalue weighted by molar-refractivity contribution is -0.142. The van der Waals surface area contributed by atoms with Crippen LogP contribution >= 0.6 is 0 Å². The van der Waals surface area contributed by atoms with Crippen molar-refractivity contribution in [2.24, 2.45) is 16.3 Å². The number of H-pyrrole nitrogens is 2. The van der Waals surface area contributed by atoms with Crippen molar-refractivity contribution in [3.8, 4) is 0 Å². The summed E-state index contributed by atoms with van der Waals surface area (Å²) in [6.07, 6.45) is 6.85. The van der Waals surface area contributed by atoms with Gasteiger partial charge >= 0.3 is 5.97 Å². The quantitative estimate of drug-likeness (QED) is 0.495. The monoisotopic (exact) mass is 530 g/mol. The number of hydrogen-bond acceptors (Lipinski definition) is 4. The van der Waals surface area contributed by atoms with E-state index in [4.69, 9.17) is 4.74 Å². The highest BCUT2D eigenvalue weighted by Crippen LogP contribution is 2.41. The molecule has 2 amide bonds. The first kappa shape index (κ1) is 28.1. The summed E-state index contributed by atoms with van der Waals surface area (Å²) in [5.41, 5.74) is 8.58. The zero-order valence-corrected chi connectivity index (χ0v) is 24.3. The molecular formula is C31H38N4O4. The van der Waals surface area contributed by atoms with Gasteiger partial charge in [0.15, 0.2) is 0 Å². The lowest BCUT2D eigenvalue weighted by Gasteiger charge is -2.22. The van der Waals surface area contributed by atoms with Gasteiger partial charge in [0.05, 0.1) is 24.7 Å². The predicted octanol–water partition coefficient (Wildman–Crippen LogP) is 3.57. The predicted molar refractivity (Wildman–Crippen MR) is 153 cm³/mol. The van der Waals surface area contributed by atoms with Crippen molar-refractivity contribution in [1.82, 2.24) is 15.3 Å². The molecule has 39 heavy (non-hydrogen) atoms. The molecule has 1 saturated heterocycles. The van der Waals surface area contributed by atoms with Gasteiger partial charge in [-0.2, -0.15) is 0 Å². The fraction of sp³-hybridized carbons (Fsp3) is 0.419. The van der Waals surface area contributed by atoms with Crippen LogP contribution in [0, 0.1) is 39.0 Å². The Morgan fingerprint density at radius 2 is 1.51 bits per heavy atom. The highest BCUT2D eigenvalue weighted by Gasteiger charge is 2.46. The molecule has 1 atom stereocenters. The van der Waals surface area contributed by atoms with Gasteiger partial charge in [-0.15, -0.1) is 0 Å². The molecule has 2 aromatic rings. The number of carbonyl (C=O) groups is 3. The van der Waals surface area contributed by atoms with E-state index in [0.29, 0.717) is 11.3 Å². The van der Waals surface area contributed by atoms with Crippen LogP contribution in [0.4, 0.5) is 0 Å². The van der Waals surface area contributed by atoms with E-state index >= 15 is 0 Å². The molecule has 0 bridgehead atoms. The maximum atomic E-state index is 12.7. The van der Waals surface area contributed by atoms with E-state index < -0.39 is 5.41 Å². The third-order valence-corrected chi connectivity index (χ3v) is 8.50. The molecule has 0 saturated carbocycles. The van der Waals surface area contributed by atoms with Gasteiger partial charge in [0.1, 0.15) is 0 Å². The van der Waals surface area contributed by atoms with Crippen LogP contribution in [0.3, 0.4) is 0 Å². The summed E-state index contributed by atoms with van der Waals surface area (Å²) in [6.45, 7) is 15.8. The average molecular weight is 531 g/mol. The number of hydrogen-bond donors (Lipinski definition) is 3. The molecular weight excluding hydrogens is 492 g/mol. The first-order chi connectivity index (χ1) is 18.3. The Hall–Kier alpha value is -3.94. The first-order valence-corrected chi connectivity index (χ1v) is 13.3. The number of esters is 1. The fourth-order valence-electron chi connectivity index (χ4n) is 5.31. The number of amides is 2. The van der Waals surface area contributed by atoms with Crippen molar-refractivity contribution in [3.63, 3.8) is 0 Å². The van der Waals surface area contributed by atoms with Crippen LogP contribution in [0.25, 0.3) is 18.2 Å². The standard InChI is InChI=1S/C31H38N4O4/c1-10-20-19(6)29(37)34-26(20)13-24-17(4)15(2)22(32-24)12-23-16(3)18(5)25(33-23)14-27-21(11-28(36)39-9)31(7,8)30(38)35-27/h12-14,21,32-33H,10-11H2,1-9H3,(H,35,38)/b22-12+,24-13+,27-14+. The van der Waals surface area contributed by atoms with Crippen LogP contribution < -0.4 is 16.0 Å². The molecule has 206 valence electrons. The van der Waals surface area contributed by atoms with Gasteiger partial charge in [0.2, 0.25) is 5.91 Å². The third kappa shape index (κ3) is 4.95. The Morgan fingerprint density at radius 1 is 0.923 bits per heavy atom. The van der Waals surface area contributed by atoms with Crippen molar-refractivity contribution in [1.29, 1.82) is 0 Å². The van der Waals surface area contributed by atoms with Gasteiger partial charge in [0, 0.05) is 39.3 Å². The third-order valence-electron chi connectivity index (χ3n) is 8.50. The summed E-state index contributed by atoms with van der Waals surface area (Å²) in [4.78, 5) is 48.2. The van der Waals surface area contributed by atoms with E-state index in [-0.39, 0.29) is 30.1 Å². The van der Waals surface area contributed by atoms with E-state index in [1.807, 2.05) is 46.8 Å². The van der Waals surface area contributed by atoms with Crippen molar-refractivity contribution in [2.75, 3.05) is 7.11 Å². The largest absolute Gasteiger partial charge is 0.469 e. The maximum Gasteiger partial charge on any atom is 0.306 e. The molecule has 8 heteroatoms. The average Bonchev–Trinajstić information content (AvgIpc) is 3.49. The normalized spacial score (nSPS) is 20.9. The van der Waals surface area contributed by atoms with Gasteiger partial charge in [-0.1, -0.05) is 20.8 Å². The lowest BCUT2D eigenvalue weighted by atomic mass is 9.78. The minimum Gasteiger partial charge on any atom is -0.469 e. The number of nitrogens with zero attached hydrogens (tertiary/aromatic N) is 1. The minimum absolute atomic E-state index is 0.110. The van der Waals surface area contributed by atoms with E-state index in [0.717, 1.165) is 62.0 Å². The SMILES string of the molecule is CCC1=C(C)C(=O)N=C1/C=c1/[nH]/c(=C/c2[nH]c(/C=C3/NC(=O)C(C)(C)C3CC(=O)OC)c(C)c2C)c(C)c1C. The molecule has 0 aromatic carbocycles. The van der Waals surface area contributed by atoms with Crippen LogP contribution in [-0.2, 0) is 19.1 Å². The molecule has 2 aromatic heterocycles. The molecule has 2 aliphatic heterocycles. The summed E-state index contributed by atoms with van der Waals surface area (Å²) in [5.74, 6) is -0.934. The number of aliphatic imine (C=N–C) groups is 1. The van der Waals surface area contributed by atoms with Crippen molar-refractivity contribution < 1.29 is 19.1 Å². The molecule has 0 radical (unpaired) electrons. The Balaban J connectivity index is 1.76. The molecule has 4 heterocycles. The highest BCUT2D eigenvalue weighted by molar-refractivity contribution is 6.30. The second-order valence-electron chi connectivity index (χ2n) is 11.1. The number of aromatic nitrogens is 2. The summed E-state index contributed by atoms with van der Waals surface area (Å²) in [7, 11) is 1.36. The number of allylic oxidation sites excluding steroid dienone is 2. The first-order valence-electron chi connectivity index (χ1n) is 13.3. The summed E-state index contributed by atoms with van der Waals surface area (Å²) >= 11 is 0. The van der Waals surface area contributed by atoms with Gasteiger partial charge < -0.3 is 20.0 Å². The number of nitrogens with one attached hydrogen (secondary N) is 3. The van der Waals surface area contributed by atoms with Gasteiger partial charge in [-0.05, 0) is 87.1 Å². The number of carbonyl (C=O) groups excluding carboxylic acids is 3. The molecule has 0 aliphatic carbocycles. The molecule has 1 fully saturated rings. The van der Waals surface area contributed by atoms with Crippen LogP contribution in [-0.4, -0.2) is 40.6 Å². The minimum atomic E-state index is -0.726. The summed E-state index contributed by atoms with van der Waals surface area (Å²) < 4.78 is 4.89. The smallest absolute Gasteiger partial charge is 0.306 e. The molecule has 2 aliphatic rings. The molecule has 4 rings (SSSR count). The van der Waals surface area contributed by atoms with Crippen LogP contribution in [0.5, 0.6) is 0 Å². The van der Waals surface area contributed by atoms with E-state index in [2.05, 4.69) is 47.1 Å². The Labute approximate surface area is 229 Å².